The molecule has 0 saturated heterocycles. The van der Waals surface area contributed by atoms with E-state index in [1.165, 1.54) is 10.4 Å². The molecule has 1 aliphatic carbocycles. The summed E-state index contributed by atoms with van der Waals surface area (Å²) >= 11 is 3.40. The zero-order chi connectivity index (χ0) is 19.7. The van der Waals surface area contributed by atoms with Crippen molar-refractivity contribution in [3.63, 3.8) is 0 Å². The normalized spacial score (nSPS) is 16.3. The Balaban J connectivity index is 1.89. The molecule has 2 heterocycles. The van der Waals surface area contributed by atoms with Crippen LogP contribution in [-0.2, 0) is 12.8 Å². The minimum Gasteiger partial charge on any atom is -0.497 e. The van der Waals surface area contributed by atoms with Crippen molar-refractivity contribution in [2.75, 3.05) is 12.9 Å². The first-order chi connectivity index (χ1) is 13.6. The van der Waals surface area contributed by atoms with Crippen LogP contribution in [0, 0.1) is 5.92 Å². The summed E-state index contributed by atoms with van der Waals surface area (Å²) in [5.41, 5.74) is 2.16. The highest BCUT2D eigenvalue weighted by Crippen LogP contribution is 2.37. The third kappa shape index (κ3) is 3.60. The zero-order valence-electron chi connectivity index (χ0n) is 16.7. The van der Waals surface area contributed by atoms with E-state index in [1.807, 2.05) is 24.3 Å². The van der Waals surface area contributed by atoms with Crippen LogP contribution in [0.2, 0.25) is 0 Å². The lowest BCUT2D eigenvalue weighted by Crippen LogP contribution is -2.22. The molecule has 6 heteroatoms. The monoisotopic (exact) mass is 414 g/mol. The third-order valence-electron chi connectivity index (χ3n) is 5.36. The number of thiophene rings is 1. The molecular formula is C22H26N2O2S2. The number of methoxy groups -OCH3 is 1. The van der Waals surface area contributed by atoms with Crippen molar-refractivity contribution < 1.29 is 4.74 Å². The first-order valence-electron chi connectivity index (χ1n) is 9.97. The van der Waals surface area contributed by atoms with E-state index in [0.29, 0.717) is 5.92 Å². The predicted octanol–water partition coefficient (Wildman–Crippen LogP) is 5.47. The first kappa shape index (κ1) is 19.5. The summed E-state index contributed by atoms with van der Waals surface area (Å²) in [5.74, 6) is 2.43. The van der Waals surface area contributed by atoms with E-state index >= 15 is 0 Å². The number of rotatable bonds is 6. The van der Waals surface area contributed by atoms with Crippen molar-refractivity contribution in [3.8, 4) is 11.4 Å². The molecule has 0 spiro atoms. The number of hydrogen-bond acceptors (Lipinski definition) is 5. The fourth-order valence-electron chi connectivity index (χ4n) is 3.73. The van der Waals surface area contributed by atoms with E-state index in [9.17, 15) is 4.79 Å². The molecule has 0 radical (unpaired) electrons. The standard InChI is InChI=1S/C22H26N2O2S2/c1-4-5-12-27-22-23-20-19(17-11-6-14(2)13-18(17)28-20)21(25)24(22)15-7-9-16(26-3)10-8-15/h7-10,14H,4-6,11-13H2,1-3H3/t14-/m1/s1. The topological polar surface area (TPSA) is 44.1 Å². The number of aromatic nitrogens is 2. The van der Waals surface area contributed by atoms with Gasteiger partial charge in [0.05, 0.1) is 18.2 Å². The Kier molecular flexibility index (Phi) is 5.78. The molecule has 0 saturated carbocycles. The van der Waals surface area contributed by atoms with E-state index in [-0.39, 0.29) is 5.56 Å². The summed E-state index contributed by atoms with van der Waals surface area (Å²) in [6.45, 7) is 4.48. The summed E-state index contributed by atoms with van der Waals surface area (Å²) in [6.07, 6.45) is 5.44. The molecule has 0 fully saturated rings. The molecule has 28 heavy (non-hydrogen) atoms. The molecule has 1 aliphatic rings. The van der Waals surface area contributed by atoms with Crippen LogP contribution in [0.25, 0.3) is 15.9 Å². The first-order valence-corrected chi connectivity index (χ1v) is 11.8. The van der Waals surface area contributed by atoms with Crippen LogP contribution in [0.3, 0.4) is 0 Å². The molecule has 2 aromatic heterocycles. The van der Waals surface area contributed by atoms with Crippen molar-refractivity contribution in [2.45, 2.75) is 51.1 Å². The van der Waals surface area contributed by atoms with Gasteiger partial charge in [0.2, 0.25) is 0 Å². The Labute approximate surface area is 174 Å². The highest BCUT2D eigenvalue weighted by Gasteiger charge is 2.25. The number of hydrogen-bond donors (Lipinski definition) is 0. The highest BCUT2D eigenvalue weighted by molar-refractivity contribution is 7.99. The molecule has 3 aromatic rings. The van der Waals surface area contributed by atoms with Gasteiger partial charge in [-0.2, -0.15) is 0 Å². The van der Waals surface area contributed by atoms with E-state index in [2.05, 4.69) is 13.8 Å². The van der Waals surface area contributed by atoms with Crippen LogP contribution in [0.15, 0.2) is 34.2 Å². The molecule has 4 nitrogen and oxygen atoms in total. The minimum absolute atomic E-state index is 0.0706. The molecular weight excluding hydrogens is 388 g/mol. The Morgan fingerprint density at radius 1 is 1.32 bits per heavy atom. The third-order valence-corrected chi connectivity index (χ3v) is 7.53. The van der Waals surface area contributed by atoms with Crippen LogP contribution in [0.4, 0.5) is 0 Å². The molecule has 4 rings (SSSR count). The largest absolute Gasteiger partial charge is 0.497 e. The van der Waals surface area contributed by atoms with Crippen LogP contribution in [0.1, 0.15) is 43.6 Å². The lowest BCUT2D eigenvalue weighted by atomic mass is 9.89. The molecule has 1 atom stereocenters. The van der Waals surface area contributed by atoms with Crippen molar-refractivity contribution in [1.29, 1.82) is 0 Å². The lowest BCUT2D eigenvalue weighted by Gasteiger charge is -2.18. The summed E-state index contributed by atoms with van der Waals surface area (Å²) in [6, 6.07) is 7.69. The van der Waals surface area contributed by atoms with Gasteiger partial charge in [-0.25, -0.2) is 4.98 Å². The second-order valence-electron chi connectivity index (χ2n) is 7.47. The number of fused-ring (bicyclic) bond motifs is 3. The van der Waals surface area contributed by atoms with E-state index in [0.717, 1.165) is 64.7 Å². The van der Waals surface area contributed by atoms with Crippen molar-refractivity contribution in [3.05, 3.63) is 45.1 Å². The predicted molar refractivity (Wildman–Crippen MR) is 119 cm³/mol. The van der Waals surface area contributed by atoms with Crippen LogP contribution < -0.4 is 10.3 Å². The van der Waals surface area contributed by atoms with Crippen LogP contribution in [-0.4, -0.2) is 22.4 Å². The smallest absolute Gasteiger partial charge is 0.267 e. The van der Waals surface area contributed by atoms with E-state index in [1.54, 1.807) is 34.8 Å². The number of benzene rings is 1. The van der Waals surface area contributed by atoms with E-state index < -0.39 is 0 Å². The molecule has 0 aliphatic heterocycles. The molecule has 0 amide bonds. The van der Waals surface area contributed by atoms with Gasteiger partial charge in [0, 0.05) is 10.6 Å². The lowest BCUT2D eigenvalue weighted by molar-refractivity contribution is 0.414. The summed E-state index contributed by atoms with van der Waals surface area (Å²) < 4.78 is 7.08. The molecule has 0 bridgehead atoms. The maximum Gasteiger partial charge on any atom is 0.267 e. The number of thioether (sulfide) groups is 1. The van der Waals surface area contributed by atoms with Gasteiger partial charge in [0.1, 0.15) is 10.6 Å². The van der Waals surface area contributed by atoms with Crippen molar-refractivity contribution in [2.24, 2.45) is 5.92 Å². The summed E-state index contributed by atoms with van der Waals surface area (Å²) in [4.78, 5) is 20.9. The van der Waals surface area contributed by atoms with Gasteiger partial charge in [0.25, 0.3) is 5.56 Å². The van der Waals surface area contributed by atoms with Gasteiger partial charge in [-0.05, 0) is 61.4 Å². The maximum absolute atomic E-state index is 13.6. The van der Waals surface area contributed by atoms with Gasteiger partial charge < -0.3 is 4.74 Å². The minimum atomic E-state index is 0.0706. The Morgan fingerprint density at radius 3 is 2.82 bits per heavy atom. The molecule has 0 N–H and O–H groups in total. The number of nitrogens with zero attached hydrogens (tertiary/aromatic N) is 2. The van der Waals surface area contributed by atoms with Gasteiger partial charge >= 0.3 is 0 Å². The Bertz CT molecular complexity index is 1040. The zero-order valence-corrected chi connectivity index (χ0v) is 18.3. The van der Waals surface area contributed by atoms with E-state index in [4.69, 9.17) is 9.72 Å². The van der Waals surface area contributed by atoms with Gasteiger partial charge in [-0.1, -0.05) is 32.0 Å². The number of ether oxygens (including phenoxy) is 1. The maximum atomic E-state index is 13.6. The van der Waals surface area contributed by atoms with Gasteiger partial charge in [-0.3, -0.25) is 9.36 Å². The molecule has 148 valence electrons. The average molecular weight is 415 g/mol. The van der Waals surface area contributed by atoms with Gasteiger partial charge in [-0.15, -0.1) is 11.3 Å². The summed E-state index contributed by atoms with van der Waals surface area (Å²) in [7, 11) is 1.65. The Morgan fingerprint density at radius 2 is 2.11 bits per heavy atom. The van der Waals surface area contributed by atoms with Crippen LogP contribution >= 0.6 is 23.1 Å². The highest BCUT2D eigenvalue weighted by atomic mass is 32.2. The second kappa shape index (κ2) is 8.29. The van der Waals surface area contributed by atoms with Crippen LogP contribution in [0.5, 0.6) is 5.75 Å². The van der Waals surface area contributed by atoms with Crippen molar-refractivity contribution >= 4 is 33.3 Å². The molecule has 1 aromatic carbocycles. The second-order valence-corrected chi connectivity index (χ2v) is 9.61. The van der Waals surface area contributed by atoms with Crippen molar-refractivity contribution in [1.82, 2.24) is 9.55 Å². The quantitative estimate of drug-likeness (QED) is 0.305. The fraction of sp³-hybridized carbons (Fsp3) is 0.455. The molecule has 0 unspecified atom stereocenters. The number of aryl methyl sites for hydroxylation is 1. The Hall–Kier alpha value is -1.79. The number of unbranched alkanes of at least 4 members (excludes halogenated alkanes) is 1. The summed E-state index contributed by atoms with van der Waals surface area (Å²) in [5, 5.41) is 1.63. The average Bonchev–Trinajstić information content (AvgIpc) is 3.06. The van der Waals surface area contributed by atoms with Gasteiger partial charge in [0.15, 0.2) is 5.16 Å². The fourth-order valence-corrected chi connectivity index (χ4v) is 6.25. The SMILES string of the molecule is CCCCSc1nc2sc3c(c2c(=O)n1-c1ccc(OC)cc1)CC[C@@H](C)C3.